The molecule has 0 heterocycles. The predicted octanol–water partition coefficient (Wildman–Crippen LogP) is 5.25. The van der Waals surface area contributed by atoms with E-state index in [9.17, 15) is 18.0 Å². The highest BCUT2D eigenvalue weighted by Crippen LogP contribution is 2.34. The van der Waals surface area contributed by atoms with Gasteiger partial charge in [0.2, 0.25) is 0 Å². The molecule has 0 spiro atoms. The van der Waals surface area contributed by atoms with Crippen LogP contribution >= 0.6 is 0 Å². The maximum Gasteiger partial charge on any atom is 0.343 e. The lowest BCUT2D eigenvalue weighted by Crippen LogP contribution is -2.37. The summed E-state index contributed by atoms with van der Waals surface area (Å²) in [7, 11) is -4.35. The number of nitrogens with zero attached hydrogens (tertiary/aromatic N) is 1. The molecule has 0 N–H and O–H groups in total. The van der Waals surface area contributed by atoms with E-state index in [1.165, 1.54) is 36.4 Å². The topological polar surface area (TPSA) is 80.8 Å². The van der Waals surface area contributed by atoms with Gasteiger partial charge < -0.3 is 4.74 Å². The summed E-state index contributed by atoms with van der Waals surface area (Å²) in [6.07, 6.45) is 0. The van der Waals surface area contributed by atoms with Gasteiger partial charge in [-0.1, -0.05) is 66.2 Å². The van der Waals surface area contributed by atoms with E-state index < -0.39 is 21.9 Å². The van der Waals surface area contributed by atoms with Crippen LogP contribution in [0.25, 0.3) is 0 Å². The summed E-state index contributed by atoms with van der Waals surface area (Å²) in [6.45, 7) is 1.83. The van der Waals surface area contributed by atoms with Crippen molar-refractivity contribution >= 4 is 27.6 Å². The Morgan fingerprint density at radius 2 is 1.21 bits per heavy atom. The smallest absolute Gasteiger partial charge is 0.343 e. The van der Waals surface area contributed by atoms with E-state index in [1.807, 2.05) is 6.92 Å². The first-order valence-corrected chi connectivity index (χ1v) is 11.9. The van der Waals surface area contributed by atoms with Crippen LogP contribution in [-0.4, -0.2) is 20.3 Å². The van der Waals surface area contributed by atoms with Crippen LogP contribution in [0.3, 0.4) is 0 Å². The van der Waals surface area contributed by atoms with Crippen LogP contribution in [0.15, 0.2) is 114 Å². The standard InChI is InChI=1S/C27H21NO5S/c1-20-16-18-23(19-17-20)34(31,32)28(26(29)21-10-4-2-5-11-21)24-14-8-9-15-25(24)33-27(30)22-12-6-3-7-13-22/h2-19H,1H3. The van der Waals surface area contributed by atoms with Crippen molar-refractivity contribution in [3.05, 3.63) is 126 Å². The molecule has 0 aliphatic carbocycles. The average Bonchev–Trinajstić information content (AvgIpc) is 2.86. The quantitative estimate of drug-likeness (QED) is 0.283. The van der Waals surface area contributed by atoms with E-state index in [0.717, 1.165) is 5.56 Å². The van der Waals surface area contributed by atoms with E-state index in [0.29, 0.717) is 9.87 Å². The van der Waals surface area contributed by atoms with Crippen LogP contribution in [-0.2, 0) is 10.0 Å². The van der Waals surface area contributed by atoms with E-state index in [1.54, 1.807) is 72.8 Å². The Morgan fingerprint density at radius 1 is 0.676 bits per heavy atom. The molecule has 4 rings (SSSR count). The zero-order valence-corrected chi connectivity index (χ0v) is 19.1. The number of ether oxygens (including phenoxy) is 1. The number of hydrogen-bond donors (Lipinski definition) is 0. The average molecular weight is 472 g/mol. The molecule has 1 amide bonds. The summed E-state index contributed by atoms with van der Waals surface area (Å²) in [5.74, 6) is -1.51. The molecule has 0 atom stereocenters. The first-order chi connectivity index (χ1) is 16.4. The number of amides is 1. The monoisotopic (exact) mass is 471 g/mol. The van der Waals surface area contributed by atoms with Crippen molar-refractivity contribution in [3.63, 3.8) is 0 Å². The van der Waals surface area contributed by atoms with Gasteiger partial charge in [0.15, 0.2) is 5.75 Å². The van der Waals surface area contributed by atoms with Crippen LogP contribution in [0.2, 0.25) is 0 Å². The molecule has 4 aromatic rings. The highest BCUT2D eigenvalue weighted by atomic mass is 32.2. The minimum absolute atomic E-state index is 0.0590. The van der Waals surface area contributed by atoms with E-state index in [2.05, 4.69) is 0 Å². The van der Waals surface area contributed by atoms with Gasteiger partial charge in [0.1, 0.15) is 5.69 Å². The number of hydrogen-bond acceptors (Lipinski definition) is 5. The lowest BCUT2D eigenvalue weighted by molar-refractivity contribution is 0.0734. The zero-order valence-electron chi connectivity index (χ0n) is 18.3. The van der Waals surface area contributed by atoms with Crippen LogP contribution in [0, 0.1) is 6.92 Å². The second kappa shape index (κ2) is 9.72. The SMILES string of the molecule is Cc1ccc(S(=O)(=O)N(C(=O)c2ccccc2)c2ccccc2OC(=O)c2ccccc2)cc1. The van der Waals surface area contributed by atoms with Gasteiger partial charge in [-0.05, 0) is 55.5 Å². The summed E-state index contributed by atoms with van der Waals surface area (Å²) >= 11 is 0. The molecule has 7 heteroatoms. The summed E-state index contributed by atoms with van der Waals surface area (Å²) < 4.78 is 33.7. The Labute approximate surface area is 198 Å². The Bertz CT molecular complexity index is 1420. The molecule has 0 radical (unpaired) electrons. The van der Waals surface area contributed by atoms with Gasteiger partial charge in [0.05, 0.1) is 10.5 Å². The minimum Gasteiger partial charge on any atom is -0.421 e. The Hall–Kier alpha value is -4.23. The fraction of sp³-hybridized carbons (Fsp3) is 0.0370. The van der Waals surface area contributed by atoms with Crippen molar-refractivity contribution < 1.29 is 22.7 Å². The summed E-state index contributed by atoms with van der Waals surface area (Å²) in [4.78, 5) is 26.2. The third kappa shape index (κ3) is 4.74. The van der Waals surface area contributed by atoms with Gasteiger partial charge in [-0.15, -0.1) is 0 Å². The third-order valence-corrected chi connectivity index (χ3v) is 6.77. The number of para-hydroxylation sites is 2. The predicted molar refractivity (Wildman–Crippen MR) is 129 cm³/mol. The maximum absolute atomic E-state index is 13.7. The van der Waals surface area contributed by atoms with E-state index in [-0.39, 0.29) is 21.9 Å². The molecule has 34 heavy (non-hydrogen) atoms. The normalized spacial score (nSPS) is 11.0. The summed E-state index contributed by atoms with van der Waals surface area (Å²) in [6, 6.07) is 28.6. The highest BCUT2D eigenvalue weighted by molar-refractivity contribution is 7.93. The Morgan fingerprint density at radius 3 is 1.82 bits per heavy atom. The van der Waals surface area contributed by atoms with Crippen LogP contribution < -0.4 is 9.04 Å². The van der Waals surface area contributed by atoms with Crippen molar-refractivity contribution in [1.29, 1.82) is 0 Å². The largest absolute Gasteiger partial charge is 0.421 e. The number of carbonyl (C=O) groups is 2. The first-order valence-electron chi connectivity index (χ1n) is 10.5. The number of esters is 1. The second-order valence-electron chi connectivity index (χ2n) is 7.48. The number of anilines is 1. The molecule has 0 aromatic heterocycles. The van der Waals surface area contributed by atoms with Gasteiger partial charge in [0, 0.05) is 5.56 Å². The molecule has 0 fully saturated rings. The maximum atomic E-state index is 13.7. The third-order valence-electron chi connectivity index (χ3n) is 5.06. The molecule has 4 aromatic carbocycles. The summed E-state index contributed by atoms with van der Waals surface area (Å²) in [5.41, 5.74) is 1.26. The van der Waals surface area contributed by atoms with Crippen molar-refractivity contribution in [1.82, 2.24) is 0 Å². The van der Waals surface area contributed by atoms with E-state index >= 15 is 0 Å². The Balaban J connectivity index is 1.84. The van der Waals surface area contributed by atoms with Gasteiger partial charge in [-0.25, -0.2) is 13.2 Å². The fourth-order valence-electron chi connectivity index (χ4n) is 3.31. The molecule has 0 aliphatic rings. The van der Waals surface area contributed by atoms with Gasteiger partial charge in [-0.3, -0.25) is 4.79 Å². The minimum atomic E-state index is -4.35. The van der Waals surface area contributed by atoms with E-state index in [4.69, 9.17) is 4.74 Å². The molecular formula is C27H21NO5S. The van der Waals surface area contributed by atoms with Crippen LogP contribution in [0.4, 0.5) is 5.69 Å². The molecule has 0 aliphatic heterocycles. The van der Waals surface area contributed by atoms with Crippen LogP contribution in [0.1, 0.15) is 26.3 Å². The molecule has 0 bridgehead atoms. The van der Waals surface area contributed by atoms with Gasteiger partial charge in [-0.2, -0.15) is 4.31 Å². The molecule has 0 saturated heterocycles. The second-order valence-corrected chi connectivity index (χ2v) is 9.26. The van der Waals surface area contributed by atoms with Crippen LogP contribution in [0.5, 0.6) is 5.75 Å². The van der Waals surface area contributed by atoms with Crippen molar-refractivity contribution in [2.24, 2.45) is 0 Å². The fourth-order valence-corrected chi connectivity index (χ4v) is 4.73. The van der Waals surface area contributed by atoms with Gasteiger partial charge >= 0.3 is 5.97 Å². The summed E-state index contributed by atoms with van der Waals surface area (Å²) in [5, 5.41) is 0. The zero-order chi connectivity index (χ0) is 24.1. The number of sulfonamides is 1. The number of aryl methyl sites for hydroxylation is 1. The van der Waals surface area contributed by atoms with Gasteiger partial charge in [0.25, 0.3) is 15.9 Å². The lowest BCUT2D eigenvalue weighted by Gasteiger charge is -2.24. The number of benzene rings is 4. The van der Waals surface area contributed by atoms with Crippen molar-refractivity contribution in [2.45, 2.75) is 11.8 Å². The first kappa shape index (κ1) is 22.9. The number of carbonyl (C=O) groups excluding carboxylic acids is 2. The van der Waals surface area contributed by atoms with Crippen molar-refractivity contribution in [2.75, 3.05) is 4.31 Å². The molecule has 170 valence electrons. The molecular weight excluding hydrogens is 450 g/mol. The Kier molecular flexibility index (Phi) is 6.56. The van der Waals surface area contributed by atoms with Crippen molar-refractivity contribution in [3.8, 4) is 5.75 Å². The molecule has 0 unspecified atom stereocenters. The molecule has 0 saturated carbocycles. The molecule has 6 nitrogen and oxygen atoms in total. The lowest BCUT2D eigenvalue weighted by atomic mass is 10.2. The number of rotatable bonds is 6. The highest BCUT2D eigenvalue weighted by Gasteiger charge is 2.34.